The fourth-order valence-corrected chi connectivity index (χ4v) is 1.66. The van der Waals surface area contributed by atoms with Crippen LogP contribution < -0.4 is 0 Å². The smallest absolute Gasteiger partial charge is 0.126 e. The average Bonchev–Trinajstić information content (AvgIpc) is 2.40. The van der Waals surface area contributed by atoms with Gasteiger partial charge < -0.3 is 4.79 Å². The number of hydrogen-bond donors (Lipinski definition) is 0. The summed E-state index contributed by atoms with van der Waals surface area (Å²) in [6.45, 7) is 3.06. The minimum atomic E-state index is 0.167. The Morgan fingerprint density at radius 2 is 1.60 bits per heavy atom. The van der Waals surface area contributed by atoms with Gasteiger partial charge in [0.2, 0.25) is 0 Å². The molecule has 2 aliphatic carbocycles. The van der Waals surface area contributed by atoms with E-state index in [4.69, 9.17) is 0 Å². The molecule has 1 nitrogen and oxygen atoms in total. The second kappa shape index (κ2) is 3.18. The van der Waals surface area contributed by atoms with Crippen LogP contribution in [0.5, 0.6) is 0 Å². The van der Waals surface area contributed by atoms with Crippen molar-refractivity contribution in [3.05, 3.63) is 0 Å². The van der Waals surface area contributed by atoms with Crippen molar-refractivity contribution < 1.29 is 4.79 Å². The van der Waals surface area contributed by atoms with Crippen LogP contribution in [0.4, 0.5) is 0 Å². The van der Waals surface area contributed by atoms with Crippen molar-refractivity contribution in [2.45, 2.75) is 39.5 Å². The molecule has 0 aromatic carbocycles. The normalized spacial score (nSPS) is 33.8. The molecular formula is C9H16O. The van der Waals surface area contributed by atoms with Gasteiger partial charge in [-0.2, -0.15) is 0 Å². The predicted octanol–water partition coefficient (Wildman–Crippen LogP) is 2.40. The van der Waals surface area contributed by atoms with E-state index in [0.29, 0.717) is 0 Å². The van der Waals surface area contributed by atoms with E-state index in [1.165, 1.54) is 32.1 Å². The van der Waals surface area contributed by atoms with Crippen molar-refractivity contribution in [2.24, 2.45) is 11.8 Å². The number of fused-ring (bicyclic) bond motifs is 1. The lowest BCUT2D eigenvalue weighted by molar-refractivity contribution is -0.114. The molecule has 2 rings (SSSR count). The van der Waals surface area contributed by atoms with Gasteiger partial charge in [-0.15, -0.1) is 0 Å². The summed E-state index contributed by atoms with van der Waals surface area (Å²) in [5, 5.41) is 0. The van der Waals surface area contributed by atoms with E-state index in [-0.39, 0.29) is 5.78 Å². The third kappa shape index (κ3) is 2.51. The first kappa shape index (κ1) is 7.77. The molecule has 2 fully saturated rings. The number of carbonyl (C=O) groups is 1. The van der Waals surface area contributed by atoms with Crippen LogP contribution in [0, 0.1) is 11.8 Å². The van der Waals surface area contributed by atoms with Crippen molar-refractivity contribution in [3.63, 3.8) is 0 Å². The van der Waals surface area contributed by atoms with Crippen molar-refractivity contribution in [2.75, 3.05) is 0 Å². The fraction of sp³-hybridized carbons (Fsp3) is 0.889. The Morgan fingerprint density at radius 1 is 1.20 bits per heavy atom. The Labute approximate surface area is 62.8 Å². The molecule has 0 aromatic rings. The zero-order chi connectivity index (χ0) is 7.56. The lowest BCUT2D eigenvalue weighted by atomic mass is 10.3. The summed E-state index contributed by atoms with van der Waals surface area (Å²) >= 11 is 0. The summed E-state index contributed by atoms with van der Waals surface area (Å²) in [5.41, 5.74) is 0. The van der Waals surface area contributed by atoms with Crippen molar-refractivity contribution in [1.82, 2.24) is 0 Å². The van der Waals surface area contributed by atoms with Gasteiger partial charge in [0.15, 0.2) is 0 Å². The van der Waals surface area contributed by atoms with E-state index in [2.05, 4.69) is 0 Å². The molecule has 0 heterocycles. The molecule has 10 heavy (non-hydrogen) atoms. The molecule has 58 valence electrons. The molecule has 2 aliphatic rings. The third-order valence-electron chi connectivity index (χ3n) is 2.22. The standard InChI is InChI=1S/C6H10.C3H6O/c1-2-5-4-6(5)3-1;1-3(2)4/h5-6H,1-4H2;1-2H3. The van der Waals surface area contributed by atoms with Gasteiger partial charge in [0.1, 0.15) is 5.78 Å². The maximum absolute atomic E-state index is 9.44. The number of carbonyl (C=O) groups excluding carboxylic acids is 1. The Bertz CT molecular complexity index is 117. The van der Waals surface area contributed by atoms with Gasteiger partial charge >= 0.3 is 0 Å². The zero-order valence-corrected chi connectivity index (χ0v) is 6.89. The first-order valence-corrected chi connectivity index (χ1v) is 4.17. The van der Waals surface area contributed by atoms with Crippen LogP contribution in [-0.4, -0.2) is 5.78 Å². The molecular weight excluding hydrogens is 124 g/mol. The van der Waals surface area contributed by atoms with E-state index in [1.807, 2.05) is 0 Å². The molecule has 0 bridgehead atoms. The van der Waals surface area contributed by atoms with Gasteiger partial charge in [0.25, 0.3) is 0 Å². The SMILES string of the molecule is C1CC2CC2C1.CC(C)=O. The van der Waals surface area contributed by atoms with Crippen LogP contribution in [0.3, 0.4) is 0 Å². The Morgan fingerprint density at radius 3 is 1.70 bits per heavy atom. The average molecular weight is 140 g/mol. The van der Waals surface area contributed by atoms with E-state index in [9.17, 15) is 4.79 Å². The van der Waals surface area contributed by atoms with E-state index in [1.54, 1.807) is 19.3 Å². The first-order chi connectivity index (χ1) is 4.70. The summed E-state index contributed by atoms with van der Waals surface area (Å²) in [5.74, 6) is 2.59. The van der Waals surface area contributed by atoms with Crippen LogP contribution in [0.2, 0.25) is 0 Å². The van der Waals surface area contributed by atoms with E-state index in [0.717, 1.165) is 0 Å². The quantitative estimate of drug-likeness (QED) is 0.505. The maximum atomic E-state index is 9.44. The molecule has 2 unspecified atom stereocenters. The Kier molecular flexibility index (Phi) is 2.47. The number of ketones is 1. The fourth-order valence-electron chi connectivity index (χ4n) is 1.66. The molecule has 0 saturated heterocycles. The monoisotopic (exact) mass is 140 g/mol. The van der Waals surface area contributed by atoms with Crippen LogP contribution in [-0.2, 0) is 4.79 Å². The highest BCUT2D eigenvalue weighted by molar-refractivity contribution is 5.72. The number of hydrogen-bond acceptors (Lipinski definition) is 1. The van der Waals surface area contributed by atoms with E-state index >= 15 is 0 Å². The van der Waals surface area contributed by atoms with Crippen LogP contribution in [0.1, 0.15) is 39.5 Å². The summed E-state index contributed by atoms with van der Waals surface area (Å²) in [7, 11) is 0. The largest absolute Gasteiger partial charge is 0.300 e. The lowest BCUT2D eigenvalue weighted by Crippen LogP contribution is -1.69. The van der Waals surface area contributed by atoms with Gasteiger partial charge in [-0.25, -0.2) is 0 Å². The highest BCUT2D eigenvalue weighted by Crippen LogP contribution is 2.51. The van der Waals surface area contributed by atoms with Crippen molar-refractivity contribution in [3.8, 4) is 0 Å². The van der Waals surface area contributed by atoms with E-state index < -0.39 is 0 Å². The van der Waals surface area contributed by atoms with Crippen molar-refractivity contribution in [1.29, 1.82) is 0 Å². The number of Topliss-reactive ketones (excluding diaryl/α,β-unsaturated/α-hetero) is 1. The number of rotatable bonds is 0. The van der Waals surface area contributed by atoms with Gasteiger partial charge in [0, 0.05) is 0 Å². The van der Waals surface area contributed by atoms with Gasteiger partial charge in [-0.1, -0.05) is 19.3 Å². The molecule has 0 aliphatic heterocycles. The highest BCUT2D eigenvalue weighted by atomic mass is 16.1. The third-order valence-corrected chi connectivity index (χ3v) is 2.22. The van der Waals surface area contributed by atoms with Gasteiger partial charge in [-0.05, 0) is 32.1 Å². The maximum Gasteiger partial charge on any atom is 0.126 e. The summed E-state index contributed by atoms with van der Waals surface area (Å²) < 4.78 is 0. The minimum absolute atomic E-state index is 0.167. The highest BCUT2D eigenvalue weighted by Gasteiger charge is 2.40. The van der Waals surface area contributed by atoms with Gasteiger partial charge in [-0.3, -0.25) is 0 Å². The summed E-state index contributed by atoms with van der Waals surface area (Å²) in [4.78, 5) is 9.44. The Hall–Kier alpha value is -0.330. The Balaban J connectivity index is 0.000000112. The van der Waals surface area contributed by atoms with Crippen LogP contribution in [0.15, 0.2) is 0 Å². The topological polar surface area (TPSA) is 17.1 Å². The van der Waals surface area contributed by atoms with Crippen LogP contribution >= 0.6 is 0 Å². The minimum Gasteiger partial charge on any atom is -0.300 e. The summed E-state index contributed by atoms with van der Waals surface area (Å²) in [6.07, 6.45) is 6.24. The molecule has 1 heteroatoms. The molecule has 2 saturated carbocycles. The molecule has 0 radical (unpaired) electrons. The second-order valence-electron chi connectivity index (χ2n) is 3.60. The second-order valence-corrected chi connectivity index (χ2v) is 3.60. The molecule has 0 aromatic heterocycles. The van der Waals surface area contributed by atoms with Gasteiger partial charge in [0.05, 0.1) is 0 Å². The molecule has 0 spiro atoms. The van der Waals surface area contributed by atoms with Crippen molar-refractivity contribution >= 4 is 5.78 Å². The molecule has 2 atom stereocenters. The molecule has 0 N–H and O–H groups in total. The summed E-state index contributed by atoms with van der Waals surface area (Å²) in [6, 6.07) is 0. The zero-order valence-electron chi connectivity index (χ0n) is 6.89. The van der Waals surface area contributed by atoms with Crippen LogP contribution in [0.25, 0.3) is 0 Å². The molecule has 0 amide bonds. The first-order valence-electron chi connectivity index (χ1n) is 4.17. The lowest BCUT2D eigenvalue weighted by Gasteiger charge is -1.80. The predicted molar refractivity (Wildman–Crippen MR) is 41.8 cm³/mol.